The van der Waals surface area contributed by atoms with Crippen LogP contribution in [0.15, 0.2) is 59.6 Å². The normalized spacial score (nSPS) is 12.0. The number of aryl methyl sites for hydroxylation is 1. The molecule has 5 nitrogen and oxygen atoms in total. The van der Waals surface area contributed by atoms with Gasteiger partial charge in [-0.2, -0.15) is 0 Å². The molecule has 154 valence electrons. The van der Waals surface area contributed by atoms with E-state index in [0.717, 1.165) is 23.8 Å². The van der Waals surface area contributed by atoms with Crippen molar-refractivity contribution in [3.8, 4) is 5.75 Å². The number of rotatable bonds is 10. The predicted molar refractivity (Wildman–Crippen MR) is 129 cm³/mol. The van der Waals surface area contributed by atoms with Crippen LogP contribution in [0.25, 0.3) is 0 Å². The van der Waals surface area contributed by atoms with Crippen LogP contribution in [0.4, 0.5) is 0 Å². The largest absolute Gasteiger partial charge is 0.492 e. The van der Waals surface area contributed by atoms with E-state index in [4.69, 9.17) is 4.74 Å². The van der Waals surface area contributed by atoms with Crippen LogP contribution in [0.5, 0.6) is 5.75 Å². The molecule has 2 aromatic rings. The summed E-state index contributed by atoms with van der Waals surface area (Å²) < 4.78 is 17.9. The minimum Gasteiger partial charge on any atom is -0.492 e. The van der Waals surface area contributed by atoms with E-state index in [-0.39, 0.29) is 24.0 Å². The molecule has 0 aliphatic heterocycles. The lowest BCUT2D eigenvalue weighted by Crippen LogP contribution is -2.39. The molecule has 0 saturated carbocycles. The van der Waals surface area contributed by atoms with Gasteiger partial charge in [-0.3, -0.25) is 9.20 Å². The van der Waals surface area contributed by atoms with Crippen LogP contribution in [0.1, 0.15) is 18.1 Å². The highest BCUT2D eigenvalue weighted by Gasteiger charge is 2.02. The molecule has 2 N–H and O–H groups in total. The van der Waals surface area contributed by atoms with Gasteiger partial charge < -0.3 is 15.4 Å². The van der Waals surface area contributed by atoms with Crippen molar-refractivity contribution < 1.29 is 8.95 Å². The van der Waals surface area contributed by atoms with Gasteiger partial charge in [0.15, 0.2) is 5.96 Å². The van der Waals surface area contributed by atoms with Gasteiger partial charge in [-0.25, -0.2) is 0 Å². The summed E-state index contributed by atoms with van der Waals surface area (Å²) in [5.74, 6) is 2.71. The summed E-state index contributed by atoms with van der Waals surface area (Å²) in [6, 6.07) is 17.9. The SMILES string of the molecule is CCNC(=NCCS(=O)Cc1ccccc1)NCCOc1ccc(C)cc1.I. The van der Waals surface area contributed by atoms with Gasteiger partial charge in [0.1, 0.15) is 12.4 Å². The van der Waals surface area contributed by atoms with Gasteiger partial charge in [-0.15, -0.1) is 24.0 Å². The number of benzene rings is 2. The second-order valence-corrected chi connectivity index (χ2v) is 7.70. The number of ether oxygens (including phenoxy) is 1. The summed E-state index contributed by atoms with van der Waals surface area (Å²) in [6.45, 7) is 6.57. The van der Waals surface area contributed by atoms with Crippen molar-refractivity contribution in [1.29, 1.82) is 0 Å². The quantitative estimate of drug-likeness (QED) is 0.220. The van der Waals surface area contributed by atoms with Gasteiger partial charge in [0.25, 0.3) is 0 Å². The number of hydrogen-bond donors (Lipinski definition) is 2. The van der Waals surface area contributed by atoms with E-state index >= 15 is 0 Å². The molecule has 0 saturated heterocycles. The Labute approximate surface area is 187 Å². The maximum absolute atomic E-state index is 12.2. The highest BCUT2D eigenvalue weighted by Crippen LogP contribution is 2.10. The third-order valence-electron chi connectivity index (χ3n) is 3.79. The number of hydrogen-bond acceptors (Lipinski definition) is 3. The Morgan fingerprint density at radius 1 is 1.07 bits per heavy atom. The predicted octanol–water partition coefficient (Wildman–Crippen LogP) is 3.50. The van der Waals surface area contributed by atoms with Crippen LogP contribution in [0.3, 0.4) is 0 Å². The number of nitrogens with zero attached hydrogens (tertiary/aromatic N) is 1. The first kappa shape index (κ1) is 24.4. The second kappa shape index (κ2) is 14.4. The fourth-order valence-electron chi connectivity index (χ4n) is 2.41. The molecule has 0 radical (unpaired) electrons. The molecule has 0 fully saturated rings. The van der Waals surface area contributed by atoms with Crippen molar-refractivity contribution >= 4 is 40.7 Å². The highest BCUT2D eigenvalue weighted by atomic mass is 127. The zero-order valence-electron chi connectivity index (χ0n) is 16.5. The summed E-state index contributed by atoms with van der Waals surface area (Å²) in [6.07, 6.45) is 0. The fraction of sp³-hybridized carbons (Fsp3) is 0.381. The summed E-state index contributed by atoms with van der Waals surface area (Å²) in [4.78, 5) is 4.50. The lowest BCUT2D eigenvalue weighted by molar-refractivity contribution is 0.322. The van der Waals surface area contributed by atoms with E-state index in [9.17, 15) is 4.21 Å². The third-order valence-corrected chi connectivity index (χ3v) is 5.08. The van der Waals surface area contributed by atoms with Crippen molar-refractivity contribution in [2.24, 2.45) is 4.99 Å². The lowest BCUT2D eigenvalue weighted by Gasteiger charge is -2.12. The number of nitrogens with one attached hydrogen (secondary N) is 2. The van der Waals surface area contributed by atoms with Gasteiger partial charge in [0.2, 0.25) is 0 Å². The van der Waals surface area contributed by atoms with Gasteiger partial charge in [0, 0.05) is 28.9 Å². The minimum absolute atomic E-state index is 0. The highest BCUT2D eigenvalue weighted by molar-refractivity contribution is 14.0. The number of guanidine groups is 1. The Morgan fingerprint density at radius 3 is 2.46 bits per heavy atom. The Morgan fingerprint density at radius 2 is 1.79 bits per heavy atom. The first-order valence-electron chi connectivity index (χ1n) is 9.28. The van der Waals surface area contributed by atoms with Gasteiger partial charge in [-0.05, 0) is 31.5 Å². The zero-order chi connectivity index (χ0) is 19.3. The van der Waals surface area contributed by atoms with Crippen molar-refractivity contribution in [2.75, 3.05) is 32.0 Å². The number of halogens is 1. The van der Waals surface area contributed by atoms with Crippen molar-refractivity contribution in [2.45, 2.75) is 19.6 Å². The lowest BCUT2D eigenvalue weighted by atomic mass is 10.2. The molecule has 28 heavy (non-hydrogen) atoms. The molecule has 0 amide bonds. The molecule has 0 aliphatic rings. The standard InChI is InChI=1S/C21H29N3O2S.HI/c1-3-22-21(23-13-15-26-20-11-9-18(2)10-12-20)24-14-16-27(25)17-19-7-5-4-6-8-19;/h4-12H,3,13-17H2,1-2H3,(H2,22,23,24);1H. The Balaban J connectivity index is 0.00000392. The molecule has 2 rings (SSSR count). The molecular weight excluding hydrogens is 485 g/mol. The summed E-state index contributed by atoms with van der Waals surface area (Å²) in [5, 5.41) is 6.44. The average Bonchev–Trinajstić information content (AvgIpc) is 2.67. The summed E-state index contributed by atoms with van der Waals surface area (Å²) in [5.41, 5.74) is 2.31. The van der Waals surface area contributed by atoms with Crippen molar-refractivity contribution in [3.05, 3.63) is 65.7 Å². The molecule has 2 aromatic carbocycles. The Kier molecular flexibility index (Phi) is 12.6. The van der Waals surface area contributed by atoms with Gasteiger partial charge >= 0.3 is 0 Å². The first-order valence-corrected chi connectivity index (χ1v) is 10.8. The second-order valence-electron chi connectivity index (χ2n) is 6.12. The van der Waals surface area contributed by atoms with Crippen LogP contribution in [-0.2, 0) is 16.6 Å². The van der Waals surface area contributed by atoms with Crippen molar-refractivity contribution in [3.63, 3.8) is 0 Å². The monoisotopic (exact) mass is 515 g/mol. The van der Waals surface area contributed by atoms with Crippen LogP contribution < -0.4 is 15.4 Å². The van der Waals surface area contributed by atoms with Crippen LogP contribution in [-0.4, -0.2) is 42.2 Å². The molecule has 7 heteroatoms. The Bertz CT molecular complexity index is 724. The molecule has 0 heterocycles. The van der Waals surface area contributed by atoms with E-state index in [1.807, 2.05) is 61.5 Å². The molecule has 0 spiro atoms. The van der Waals surface area contributed by atoms with Crippen LogP contribution in [0, 0.1) is 6.92 Å². The Hall–Kier alpha value is -1.61. The average molecular weight is 515 g/mol. The van der Waals surface area contributed by atoms with E-state index in [1.165, 1.54) is 5.56 Å². The molecule has 1 unspecified atom stereocenters. The molecule has 0 aromatic heterocycles. The number of aliphatic imine (C=N–C) groups is 1. The van der Waals surface area contributed by atoms with Crippen LogP contribution in [0.2, 0.25) is 0 Å². The van der Waals surface area contributed by atoms with Gasteiger partial charge in [0.05, 0.1) is 13.1 Å². The van der Waals surface area contributed by atoms with Crippen molar-refractivity contribution in [1.82, 2.24) is 10.6 Å². The molecule has 0 aliphatic carbocycles. The smallest absolute Gasteiger partial charge is 0.191 e. The van der Waals surface area contributed by atoms with E-state index in [0.29, 0.717) is 31.2 Å². The molecular formula is C21H30IN3O2S. The zero-order valence-corrected chi connectivity index (χ0v) is 19.7. The van der Waals surface area contributed by atoms with E-state index < -0.39 is 10.8 Å². The maximum atomic E-state index is 12.2. The van der Waals surface area contributed by atoms with E-state index in [2.05, 4.69) is 22.5 Å². The molecule has 1 atom stereocenters. The van der Waals surface area contributed by atoms with E-state index in [1.54, 1.807) is 0 Å². The maximum Gasteiger partial charge on any atom is 0.191 e. The fourth-order valence-corrected chi connectivity index (χ4v) is 3.41. The molecule has 0 bridgehead atoms. The first-order chi connectivity index (χ1) is 13.2. The topological polar surface area (TPSA) is 62.7 Å². The summed E-state index contributed by atoms with van der Waals surface area (Å²) >= 11 is 0. The van der Waals surface area contributed by atoms with Gasteiger partial charge in [-0.1, -0.05) is 48.0 Å². The summed E-state index contributed by atoms with van der Waals surface area (Å²) in [7, 11) is -0.913. The van der Waals surface area contributed by atoms with Crippen LogP contribution >= 0.6 is 24.0 Å². The minimum atomic E-state index is -0.913. The third kappa shape index (κ3) is 10.1.